The van der Waals surface area contributed by atoms with Gasteiger partial charge in [0.05, 0.1) is 17.1 Å². The molecule has 0 saturated carbocycles. The molecule has 0 radical (unpaired) electrons. The van der Waals surface area contributed by atoms with E-state index in [9.17, 15) is 24.0 Å². The minimum absolute atomic E-state index is 0.0441. The summed E-state index contributed by atoms with van der Waals surface area (Å²) in [4.78, 5) is 63.3. The van der Waals surface area contributed by atoms with Gasteiger partial charge in [0.2, 0.25) is 17.2 Å². The smallest absolute Gasteiger partial charge is 0.314 e. The molecule has 1 heterocycles. The second-order valence-corrected chi connectivity index (χ2v) is 9.19. The Bertz CT molecular complexity index is 1160. The monoisotopic (exact) mass is 482 g/mol. The van der Waals surface area contributed by atoms with Crippen LogP contribution in [0.2, 0.25) is 0 Å². The molecule has 8 nitrogen and oxygen atoms in total. The van der Waals surface area contributed by atoms with E-state index < -0.39 is 41.1 Å². The van der Waals surface area contributed by atoms with Crippen LogP contribution in [0, 0.1) is 5.92 Å². The molecule has 1 aliphatic heterocycles. The van der Waals surface area contributed by atoms with Crippen LogP contribution in [0.1, 0.15) is 60.8 Å². The van der Waals surface area contributed by atoms with Crippen molar-refractivity contribution < 1.29 is 38.2 Å². The number of Topliss-reactive ketones (excluding diaryl/α,β-unsaturated/α-hetero) is 2. The summed E-state index contributed by atoms with van der Waals surface area (Å²) in [7, 11) is 0. The molecular formula is C27H30O8. The van der Waals surface area contributed by atoms with Gasteiger partial charge in [-0.25, -0.2) is 0 Å². The fourth-order valence-corrected chi connectivity index (χ4v) is 4.32. The molecule has 0 unspecified atom stereocenters. The maximum atomic E-state index is 13.3. The Labute approximate surface area is 204 Å². The first-order valence-electron chi connectivity index (χ1n) is 11.6. The predicted molar refractivity (Wildman–Crippen MR) is 126 cm³/mol. The van der Waals surface area contributed by atoms with E-state index in [0.717, 1.165) is 18.4 Å². The van der Waals surface area contributed by atoms with E-state index in [0.29, 0.717) is 28.9 Å². The summed E-state index contributed by atoms with van der Waals surface area (Å²) in [5, 5.41) is 0. The molecule has 0 aromatic heterocycles. The number of rotatable bonds is 6. The Morgan fingerprint density at radius 1 is 1.14 bits per heavy atom. The Hall–Kier alpha value is -3.55. The van der Waals surface area contributed by atoms with Crippen LogP contribution in [0.25, 0.3) is 0 Å². The van der Waals surface area contributed by atoms with Crippen LogP contribution >= 0.6 is 0 Å². The minimum atomic E-state index is -2.10. The molecule has 0 aromatic rings. The van der Waals surface area contributed by atoms with Crippen LogP contribution < -0.4 is 0 Å². The number of hydrogen-bond donors (Lipinski definition) is 0. The van der Waals surface area contributed by atoms with Gasteiger partial charge in [0.15, 0.2) is 5.78 Å². The molecule has 186 valence electrons. The normalized spacial score (nSPS) is 24.5. The molecule has 3 aliphatic rings. The van der Waals surface area contributed by atoms with Gasteiger partial charge in [-0.1, -0.05) is 11.6 Å². The minimum Gasteiger partial charge on any atom is -0.463 e. The van der Waals surface area contributed by atoms with Crippen molar-refractivity contribution in [2.75, 3.05) is 0 Å². The molecule has 3 atom stereocenters. The van der Waals surface area contributed by atoms with E-state index in [1.54, 1.807) is 19.9 Å². The lowest BCUT2D eigenvalue weighted by atomic mass is 9.79. The molecule has 0 fully saturated rings. The summed E-state index contributed by atoms with van der Waals surface area (Å²) < 4.78 is 16.4. The van der Waals surface area contributed by atoms with Crippen LogP contribution in [0.4, 0.5) is 0 Å². The molecule has 3 rings (SSSR count). The van der Waals surface area contributed by atoms with Crippen molar-refractivity contribution in [3.05, 3.63) is 58.1 Å². The zero-order valence-electron chi connectivity index (χ0n) is 20.9. The molecular weight excluding hydrogens is 452 g/mol. The van der Waals surface area contributed by atoms with Crippen LogP contribution in [0.3, 0.4) is 0 Å². The van der Waals surface area contributed by atoms with E-state index in [-0.39, 0.29) is 11.4 Å². The van der Waals surface area contributed by atoms with E-state index in [2.05, 4.69) is 0 Å². The third-order valence-corrected chi connectivity index (χ3v) is 6.57. The van der Waals surface area contributed by atoms with Crippen molar-refractivity contribution in [3.8, 4) is 0 Å². The van der Waals surface area contributed by atoms with Gasteiger partial charge in [-0.15, -0.1) is 0 Å². The van der Waals surface area contributed by atoms with Crippen molar-refractivity contribution in [1.82, 2.24) is 0 Å². The first-order valence-corrected chi connectivity index (χ1v) is 11.6. The van der Waals surface area contributed by atoms with Gasteiger partial charge in [-0.3, -0.25) is 24.0 Å². The zero-order chi connectivity index (χ0) is 26.1. The fraction of sp³-hybridized carbons (Fsp3) is 0.444. The van der Waals surface area contributed by atoms with Crippen molar-refractivity contribution in [1.29, 1.82) is 0 Å². The average molecular weight is 483 g/mol. The number of fused-ring (bicyclic) bond motifs is 1. The molecule has 35 heavy (non-hydrogen) atoms. The number of hydrogen-bond acceptors (Lipinski definition) is 8. The van der Waals surface area contributed by atoms with Crippen LogP contribution in [0.15, 0.2) is 58.1 Å². The highest BCUT2D eigenvalue weighted by Gasteiger charge is 2.50. The van der Waals surface area contributed by atoms with Crippen molar-refractivity contribution in [2.45, 2.75) is 72.5 Å². The average Bonchev–Trinajstić information content (AvgIpc) is 2.80. The van der Waals surface area contributed by atoms with Crippen LogP contribution in [-0.2, 0) is 38.2 Å². The summed E-state index contributed by atoms with van der Waals surface area (Å²) in [6, 6.07) is 0. The van der Waals surface area contributed by atoms with Gasteiger partial charge in [0.1, 0.15) is 18.1 Å². The van der Waals surface area contributed by atoms with Crippen LogP contribution in [-0.4, -0.2) is 41.0 Å². The van der Waals surface area contributed by atoms with Gasteiger partial charge >= 0.3 is 11.9 Å². The van der Waals surface area contributed by atoms with Gasteiger partial charge in [0, 0.05) is 13.3 Å². The first kappa shape index (κ1) is 26.1. The number of carbonyl (C=O) groups is 5. The lowest BCUT2D eigenvalue weighted by Gasteiger charge is -2.33. The highest BCUT2D eigenvalue weighted by molar-refractivity contribution is 6.26. The van der Waals surface area contributed by atoms with Gasteiger partial charge in [0.25, 0.3) is 0 Å². The Morgan fingerprint density at radius 3 is 2.43 bits per heavy atom. The number of ketones is 3. The zero-order valence-corrected chi connectivity index (χ0v) is 20.9. The molecule has 0 N–H and O–H groups in total. The number of carbonyl (C=O) groups excluding carboxylic acids is 5. The molecule has 0 spiro atoms. The largest absolute Gasteiger partial charge is 0.463 e. The Balaban J connectivity index is 1.89. The third-order valence-electron chi connectivity index (χ3n) is 6.57. The highest BCUT2D eigenvalue weighted by atomic mass is 16.6. The molecule has 0 saturated heterocycles. The molecule has 8 heteroatoms. The lowest BCUT2D eigenvalue weighted by Crippen LogP contribution is -2.52. The number of allylic oxidation sites excluding steroid dienone is 5. The number of esters is 2. The molecule has 0 amide bonds. The molecule has 0 aromatic carbocycles. The van der Waals surface area contributed by atoms with E-state index in [4.69, 9.17) is 14.2 Å². The Kier molecular flexibility index (Phi) is 7.43. The van der Waals surface area contributed by atoms with Gasteiger partial charge in [-0.05, 0) is 70.8 Å². The van der Waals surface area contributed by atoms with E-state index >= 15 is 0 Å². The maximum Gasteiger partial charge on any atom is 0.314 e. The summed E-state index contributed by atoms with van der Waals surface area (Å²) in [5.41, 5.74) is 0.251. The summed E-state index contributed by atoms with van der Waals surface area (Å²) >= 11 is 0. The van der Waals surface area contributed by atoms with Crippen LogP contribution in [0.5, 0.6) is 0 Å². The second kappa shape index (κ2) is 9.98. The lowest BCUT2D eigenvalue weighted by molar-refractivity contribution is -0.175. The van der Waals surface area contributed by atoms with Crippen molar-refractivity contribution in [2.24, 2.45) is 5.92 Å². The maximum absolute atomic E-state index is 13.3. The topological polar surface area (TPSA) is 113 Å². The van der Waals surface area contributed by atoms with E-state index in [1.165, 1.54) is 39.2 Å². The van der Waals surface area contributed by atoms with Crippen molar-refractivity contribution in [3.63, 3.8) is 0 Å². The third kappa shape index (κ3) is 4.97. The Morgan fingerprint density at radius 2 is 1.83 bits per heavy atom. The molecule has 2 aliphatic carbocycles. The standard InChI is InChI=1S/C27H30O8/c1-7-14(2)24(34-17(5)28)16(4)26(32)35-27(6)22(30)12-18-11-21(33-13-19(18)25(27)31)23-15(3)9-8-10-20(23)29/h7,11-13,16,24H,8-10H2,1-6H3/b14-7+/t16-,24-,27-/m0/s1. The summed E-state index contributed by atoms with van der Waals surface area (Å²) in [6.45, 7) is 9.26. The van der Waals surface area contributed by atoms with Crippen molar-refractivity contribution >= 4 is 29.3 Å². The van der Waals surface area contributed by atoms with Gasteiger partial charge in [-0.2, -0.15) is 0 Å². The predicted octanol–water partition coefficient (Wildman–Crippen LogP) is 3.77. The second-order valence-electron chi connectivity index (χ2n) is 9.19. The molecule has 0 bridgehead atoms. The SMILES string of the molecule is C/C=C(\C)[C@H](OC(C)=O)[C@H](C)C(=O)O[C@@]1(C)C(=O)C=C2C=C(C3=C(C)CCCC3=O)OC=C2C1=O. The number of ether oxygens (including phenoxy) is 3. The van der Waals surface area contributed by atoms with E-state index in [1.807, 2.05) is 6.92 Å². The quantitative estimate of drug-likeness (QED) is 0.319. The first-order chi connectivity index (χ1) is 16.4. The summed E-state index contributed by atoms with van der Waals surface area (Å²) in [5.74, 6) is -3.59. The van der Waals surface area contributed by atoms with Gasteiger partial charge < -0.3 is 14.2 Å². The highest BCUT2D eigenvalue weighted by Crippen LogP contribution is 2.37. The fourth-order valence-electron chi connectivity index (χ4n) is 4.32. The summed E-state index contributed by atoms with van der Waals surface area (Å²) in [6.07, 6.45) is 6.67.